The minimum absolute atomic E-state index is 0.147. The van der Waals surface area contributed by atoms with Gasteiger partial charge in [0.15, 0.2) is 12.4 Å². The van der Waals surface area contributed by atoms with Crippen LogP contribution >= 0.6 is 0 Å². The average Bonchev–Trinajstić information content (AvgIpc) is 2.69. The van der Waals surface area contributed by atoms with Crippen LogP contribution in [0.15, 0.2) is 79.1 Å². The molecule has 130 valence electrons. The van der Waals surface area contributed by atoms with Gasteiger partial charge in [0, 0.05) is 17.3 Å². The molecule has 1 N–H and O–H groups in total. The third-order valence-electron chi connectivity index (χ3n) is 3.88. The second-order valence-electron chi connectivity index (χ2n) is 5.75. The summed E-state index contributed by atoms with van der Waals surface area (Å²) < 4.78 is 6.49. The molecule has 0 atom stereocenters. The summed E-state index contributed by atoms with van der Waals surface area (Å²) in [6, 6.07) is 20.5. The Kier molecular flexibility index (Phi) is 5.39. The highest BCUT2D eigenvalue weighted by Gasteiger charge is 2.12. The van der Waals surface area contributed by atoms with Gasteiger partial charge >= 0.3 is 5.97 Å². The van der Waals surface area contributed by atoms with Gasteiger partial charge in [-0.25, -0.2) is 4.79 Å². The van der Waals surface area contributed by atoms with Crippen molar-refractivity contribution in [3.63, 3.8) is 0 Å². The molecule has 1 aromatic heterocycles. The lowest BCUT2D eigenvalue weighted by molar-refractivity contribution is -0.683. The molecule has 0 aliphatic rings. The number of carbonyl (C=O) groups is 2. The van der Waals surface area contributed by atoms with E-state index in [0.29, 0.717) is 11.3 Å². The normalized spacial score (nSPS) is 10.2. The first-order chi connectivity index (χ1) is 12.7. The van der Waals surface area contributed by atoms with E-state index < -0.39 is 5.97 Å². The highest BCUT2D eigenvalue weighted by atomic mass is 16.5. The van der Waals surface area contributed by atoms with Gasteiger partial charge in [-0.15, -0.1) is 0 Å². The van der Waals surface area contributed by atoms with Crippen molar-refractivity contribution >= 4 is 17.6 Å². The van der Waals surface area contributed by atoms with Crippen molar-refractivity contribution in [2.45, 2.75) is 6.54 Å². The van der Waals surface area contributed by atoms with Crippen LogP contribution in [0.2, 0.25) is 0 Å². The maximum atomic E-state index is 12.3. The zero-order valence-corrected chi connectivity index (χ0v) is 14.4. The fourth-order valence-corrected chi connectivity index (χ4v) is 2.60. The summed E-state index contributed by atoms with van der Waals surface area (Å²) in [7, 11) is 1.33. The van der Waals surface area contributed by atoms with Crippen molar-refractivity contribution in [2.75, 3.05) is 12.4 Å². The van der Waals surface area contributed by atoms with E-state index in [1.54, 1.807) is 24.3 Å². The molecule has 0 radical (unpaired) electrons. The highest BCUT2D eigenvalue weighted by Crippen LogP contribution is 2.16. The van der Waals surface area contributed by atoms with Crippen molar-refractivity contribution in [1.82, 2.24) is 0 Å². The number of rotatable bonds is 5. The summed E-state index contributed by atoms with van der Waals surface area (Å²) in [5.41, 5.74) is 3.21. The predicted octanol–water partition coefficient (Wildman–Crippen LogP) is 3.07. The number of aromatic nitrogens is 1. The summed E-state index contributed by atoms with van der Waals surface area (Å²) in [6.07, 6.45) is 3.79. The Morgan fingerprint density at radius 3 is 2.31 bits per heavy atom. The molecule has 1 amide bonds. The fraction of sp³-hybridized carbons (Fsp3) is 0.0952. The zero-order valence-electron chi connectivity index (χ0n) is 14.4. The van der Waals surface area contributed by atoms with Crippen LogP contribution in [0.25, 0.3) is 11.1 Å². The Bertz CT molecular complexity index is 906. The van der Waals surface area contributed by atoms with E-state index in [1.807, 2.05) is 59.4 Å². The van der Waals surface area contributed by atoms with E-state index in [-0.39, 0.29) is 12.5 Å². The first-order valence-electron chi connectivity index (χ1n) is 8.18. The van der Waals surface area contributed by atoms with Gasteiger partial charge in [-0.1, -0.05) is 30.3 Å². The number of esters is 1. The van der Waals surface area contributed by atoms with E-state index in [4.69, 9.17) is 0 Å². The van der Waals surface area contributed by atoms with Gasteiger partial charge in [-0.05, 0) is 35.9 Å². The van der Waals surface area contributed by atoms with Crippen molar-refractivity contribution < 1.29 is 18.9 Å². The molecule has 0 spiro atoms. The number of hydrogen-bond acceptors (Lipinski definition) is 3. The summed E-state index contributed by atoms with van der Waals surface area (Å²) in [6.45, 7) is 0.194. The summed E-state index contributed by atoms with van der Waals surface area (Å²) in [5.74, 6) is -0.554. The van der Waals surface area contributed by atoms with Crippen LogP contribution in [-0.2, 0) is 16.1 Å². The molecule has 2 aromatic carbocycles. The first kappa shape index (κ1) is 17.4. The van der Waals surface area contributed by atoms with Gasteiger partial charge in [0.2, 0.25) is 6.54 Å². The Morgan fingerprint density at radius 1 is 0.923 bits per heavy atom. The molecule has 0 aliphatic heterocycles. The van der Waals surface area contributed by atoms with Crippen molar-refractivity contribution in [2.24, 2.45) is 0 Å². The number of anilines is 1. The topological polar surface area (TPSA) is 59.3 Å². The number of carbonyl (C=O) groups excluding carboxylic acids is 2. The second kappa shape index (κ2) is 8.07. The Labute approximate surface area is 151 Å². The molecule has 1 heterocycles. The fourth-order valence-electron chi connectivity index (χ4n) is 2.60. The number of ether oxygens (including phenoxy) is 1. The number of nitrogens with one attached hydrogen (secondary N) is 1. The number of pyridine rings is 1. The minimum Gasteiger partial charge on any atom is -0.465 e. The van der Waals surface area contributed by atoms with Crippen molar-refractivity contribution in [3.05, 3.63) is 84.7 Å². The second-order valence-corrected chi connectivity index (χ2v) is 5.75. The van der Waals surface area contributed by atoms with Gasteiger partial charge in [-0.2, -0.15) is 4.57 Å². The maximum absolute atomic E-state index is 12.3. The lowest BCUT2D eigenvalue weighted by Gasteiger charge is -2.05. The lowest BCUT2D eigenvalue weighted by Crippen LogP contribution is -2.39. The SMILES string of the molecule is COC(=O)c1ccc(NC(=O)C[n+]2cccc(-c3ccccc3)c2)cc1. The quantitative estimate of drug-likeness (QED) is 0.570. The number of benzene rings is 2. The molecule has 5 nitrogen and oxygen atoms in total. The Morgan fingerprint density at radius 2 is 1.62 bits per heavy atom. The van der Waals surface area contributed by atoms with Crippen molar-refractivity contribution in [3.8, 4) is 11.1 Å². The molecule has 0 saturated carbocycles. The van der Waals surface area contributed by atoms with Gasteiger partial charge in [0.05, 0.1) is 12.7 Å². The molecule has 0 unspecified atom stereocenters. The van der Waals surface area contributed by atoms with Gasteiger partial charge in [0.1, 0.15) is 0 Å². The van der Waals surface area contributed by atoms with Crippen LogP contribution in [0.5, 0.6) is 0 Å². The monoisotopic (exact) mass is 347 g/mol. The van der Waals surface area contributed by atoms with Crippen LogP contribution in [0, 0.1) is 0 Å². The molecule has 0 saturated heterocycles. The molecule has 0 aliphatic carbocycles. The predicted molar refractivity (Wildman–Crippen MR) is 98.5 cm³/mol. The van der Waals surface area contributed by atoms with Gasteiger partial charge < -0.3 is 10.1 Å². The van der Waals surface area contributed by atoms with Crippen LogP contribution in [0.4, 0.5) is 5.69 Å². The van der Waals surface area contributed by atoms with Crippen molar-refractivity contribution in [1.29, 1.82) is 0 Å². The largest absolute Gasteiger partial charge is 0.465 e. The summed E-state index contributed by atoms with van der Waals surface area (Å²) >= 11 is 0. The number of methoxy groups -OCH3 is 1. The summed E-state index contributed by atoms with van der Waals surface area (Å²) in [4.78, 5) is 23.7. The molecule has 5 heteroatoms. The Balaban J connectivity index is 1.66. The summed E-state index contributed by atoms with van der Waals surface area (Å²) in [5, 5.41) is 2.82. The van der Waals surface area contributed by atoms with Crippen LogP contribution < -0.4 is 9.88 Å². The lowest BCUT2D eigenvalue weighted by atomic mass is 10.1. The molecular weight excluding hydrogens is 328 g/mol. The molecule has 0 fully saturated rings. The van der Waals surface area contributed by atoms with E-state index in [1.165, 1.54) is 7.11 Å². The van der Waals surface area contributed by atoms with Crippen LogP contribution in [0.1, 0.15) is 10.4 Å². The van der Waals surface area contributed by atoms with E-state index in [0.717, 1.165) is 11.1 Å². The zero-order chi connectivity index (χ0) is 18.4. The average molecular weight is 347 g/mol. The van der Waals surface area contributed by atoms with Crippen LogP contribution in [-0.4, -0.2) is 19.0 Å². The number of hydrogen-bond donors (Lipinski definition) is 1. The third-order valence-corrected chi connectivity index (χ3v) is 3.88. The number of nitrogens with zero attached hydrogens (tertiary/aromatic N) is 1. The molecular formula is C21H19N2O3+. The molecule has 3 rings (SSSR count). The van der Waals surface area contributed by atoms with Gasteiger partial charge in [0.25, 0.3) is 5.91 Å². The Hall–Kier alpha value is -3.47. The van der Waals surface area contributed by atoms with Crippen LogP contribution in [0.3, 0.4) is 0 Å². The highest BCUT2D eigenvalue weighted by molar-refractivity contribution is 5.92. The first-order valence-corrected chi connectivity index (χ1v) is 8.18. The third kappa shape index (κ3) is 4.33. The van der Waals surface area contributed by atoms with E-state index in [2.05, 4.69) is 10.1 Å². The standard InChI is InChI=1S/C21H18N2O3/c1-26-21(25)17-9-11-19(12-10-17)22-20(24)15-23-13-5-8-18(14-23)16-6-3-2-4-7-16/h2-14H,15H2,1H3/p+1. The molecule has 0 bridgehead atoms. The van der Waals surface area contributed by atoms with E-state index in [9.17, 15) is 9.59 Å². The van der Waals surface area contributed by atoms with E-state index >= 15 is 0 Å². The molecule has 26 heavy (non-hydrogen) atoms. The smallest absolute Gasteiger partial charge is 0.337 e. The van der Waals surface area contributed by atoms with Gasteiger partial charge in [-0.3, -0.25) is 4.79 Å². The maximum Gasteiger partial charge on any atom is 0.337 e. The molecule has 3 aromatic rings. The minimum atomic E-state index is -0.406. The number of amides is 1.